The van der Waals surface area contributed by atoms with Crippen LogP contribution in [0, 0.1) is 17.6 Å². The molecule has 0 bridgehead atoms. The second-order valence-corrected chi connectivity index (χ2v) is 7.23. The SMILES string of the molecule is COc1cccc(CC2CCN(CCNC(=O)c3ccc(F)c(F)c3)CC2)c1.Cl. The molecule has 0 saturated carbocycles. The van der Waals surface area contributed by atoms with Crippen LogP contribution in [0.4, 0.5) is 8.78 Å². The van der Waals surface area contributed by atoms with E-state index in [9.17, 15) is 13.6 Å². The predicted molar refractivity (Wildman–Crippen MR) is 112 cm³/mol. The number of likely N-dealkylation sites (tertiary alicyclic amines) is 1. The summed E-state index contributed by atoms with van der Waals surface area (Å²) in [6.07, 6.45) is 3.29. The maximum atomic E-state index is 13.2. The molecule has 0 aromatic heterocycles. The van der Waals surface area contributed by atoms with Crippen molar-refractivity contribution in [2.24, 2.45) is 5.92 Å². The van der Waals surface area contributed by atoms with Gasteiger partial charge in [-0.2, -0.15) is 0 Å². The van der Waals surface area contributed by atoms with Crippen molar-refractivity contribution >= 4 is 18.3 Å². The molecule has 0 radical (unpaired) electrons. The zero-order valence-corrected chi connectivity index (χ0v) is 17.3. The molecule has 1 heterocycles. The number of nitrogens with one attached hydrogen (secondary N) is 1. The summed E-state index contributed by atoms with van der Waals surface area (Å²) < 4.78 is 31.4. The van der Waals surface area contributed by atoms with Gasteiger partial charge >= 0.3 is 0 Å². The molecule has 1 N–H and O–H groups in total. The Bertz CT molecular complexity index is 811. The van der Waals surface area contributed by atoms with E-state index in [1.807, 2.05) is 12.1 Å². The molecule has 0 atom stereocenters. The van der Waals surface area contributed by atoms with Gasteiger partial charge in [-0.15, -0.1) is 12.4 Å². The van der Waals surface area contributed by atoms with Gasteiger partial charge in [0.2, 0.25) is 0 Å². The van der Waals surface area contributed by atoms with Gasteiger partial charge in [0.05, 0.1) is 7.11 Å². The zero-order chi connectivity index (χ0) is 19.9. The van der Waals surface area contributed by atoms with E-state index in [4.69, 9.17) is 4.74 Å². The second kappa shape index (κ2) is 11.1. The van der Waals surface area contributed by atoms with Crippen molar-refractivity contribution in [3.63, 3.8) is 0 Å². The van der Waals surface area contributed by atoms with Crippen LogP contribution in [0.2, 0.25) is 0 Å². The first-order chi connectivity index (χ1) is 13.5. The van der Waals surface area contributed by atoms with Gasteiger partial charge in [0.15, 0.2) is 11.6 Å². The fraction of sp³-hybridized carbons (Fsp3) is 0.409. The molecule has 158 valence electrons. The lowest BCUT2D eigenvalue weighted by Gasteiger charge is -2.32. The first-order valence-corrected chi connectivity index (χ1v) is 9.63. The summed E-state index contributed by atoms with van der Waals surface area (Å²) in [5.41, 5.74) is 1.44. The summed E-state index contributed by atoms with van der Waals surface area (Å²) in [5, 5.41) is 2.77. The monoisotopic (exact) mass is 424 g/mol. The molecular formula is C22H27ClF2N2O2. The summed E-state index contributed by atoms with van der Waals surface area (Å²) in [5.74, 6) is -0.794. The third kappa shape index (κ3) is 6.68. The number of halogens is 3. The fourth-order valence-corrected chi connectivity index (χ4v) is 3.61. The molecule has 1 fully saturated rings. The number of rotatable bonds is 7. The topological polar surface area (TPSA) is 41.6 Å². The third-order valence-electron chi connectivity index (χ3n) is 5.26. The maximum Gasteiger partial charge on any atom is 0.251 e. The highest BCUT2D eigenvalue weighted by Crippen LogP contribution is 2.23. The van der Waals surface area contributed by atoms with E-state index in [0.29, 0.717) is 12.5 Å². The molecule has 1 aliphatic heterocycles. The Kier molecular flexibility index (Phi) is 8.86. The number of carbonyl (C=O) groups excluding carboxylic acids is 1. The normalized spacial score (nSPS) is 14.9. The number of benzene rings is 2. The van der Waals surface area contributed by atoms with Gasteiger partial charge in [0.1, 0.15) is 5.75 Å². The number of amides is 1. The number of ether oxygens (including phenoxy) is 1. The third-order valence-corrected chi connectivity index (χ3v) is 5.26. The second-order valence-electron chi connectivity index (χ2n) is 7.23. The lowest BCUT2D eigenvalue weighted by Crippen LogP contribution is -2.40. The molecule has 0 aliphatic carbocycles. The summed E-state index contributed by atoms with van der Waals surface area (Å²) in [6.45, 7) is 3.23. The molecule has 4 nitrogen and oxygen atoms in total. The Hall–Kier alpha value is -2.18. The van der Waals surface area contributed by atoms with Gasteiger partial charge in [-0.3, -0.25) is 4.79 Å². The average Bonchev–Trinajstić information content (AvgIpc) is 2.71. The van der Waals surface area contributed by atoms with Crippen LogP contribution in [0.25, 0.3) is 0 Å². The van der Waals surface area contributed by atoms with Gasteiger partial charge in [-0.25, -0.2) is 8.78 Å². The minimum absolute atomic E-state index is 0. The van der Waals surface area contributed by atoms with E-state index in [1.54, 1.807) is 7.11 Å². The predicted octanol–water partition coefficient (Wildman–Crippen LogP) is 4.08. The van der Waals surface area contributed by atoms with Crippen molar-refractivity contribution in [2.75, 3.05) is 33.3 Å². The van der Waals surface area contributed by atoms with Gasteiger partial charge < -0.3 is 15.0 Å². The van der Waals surface area contributed by atoms with Crippen LogP contribution in [0.1, 0.15) is 28.8 Å². The van der Waals surface area contributed by atoms with Gasteiger partial charge in [-0.1, -0.05) is 12.1 Å². The van der Waals surface area contributed by atoms with Crippen LogP contribution >= 0.6 is 12.4 Å². The molecule has 7 heteroatoms. The van der Waals surface area contributed by atoms with Crippen molar-refractivity contribution in [3.8, 4) is 5.75 Å². The lowest BCUT2D eigenvalue weighted by atomic mass is 9.90. The van der Waals surface area contributed by atoms with Crippen molar-refractivity contribution in [1.29, 1.82) is 0 Å². The van der Waals surface area contributed by atoms with Crippen molar-refractivity contribution in [3.05, 3.63) is 65.2 Å². The van der Waals surface area contributed by atoms with Crippen LogP contribution in [0.15, 0.2) is 42.5 Å². The maximum absolute atomic E-state index is 13.2. The summed E-state index contributed by atoms with van der Waals surface area (Å²) in [6, 6.07) is 11.4. The number of carbonyl (C=O) groups is 1. The summed E-state index contributed by atoms with van der Waals surface area (Å²) >= 11 is 0. The smallest absolute Gasteiger partial charge is 0.251 e. The number of hydrogen-bond acceptors (Lipinski definition) is 3. The van der Waals surface area contributed by atoms with Crippen LogP contribution < -0.4 is 10.1 Å². The largest absolute Gasteiger partial charge is 0.497 e. The van der Waals surface area contributed by atoms with Crippen LogP contribution in [-0.4, -0.2) is 44.1 Å². The molecule has 3 rings (SSSR count). The van der Waals surface area contributed by atoms with E-state index in [2.05, 4.69) is 22.3 Å². The standard InChI is InChI=1S/C22H26F2N2O2.ClH/c1-28-19-4-2-3-17(14-19)13-16-7-10-26(11-8-16)12-9-25-22(27)18-5-6-20(23)21(24)15-18;/h2-6,14-16H,7-13H2,1H3,(H,25,27);1H. The number of hydrogen-bond donors (Lipinski definition) is 1. The van der Waals surface area contributed by atoms with Crippen molar-refractivity contribution < 1.29 is 18.3 Å². The van der Waals surface area contributed by atoms with E-state index in [0.717, 1.165) is 56.8 Å². The van der Waals surface area contributed by atoms with E-state index < -0.39 is 11.6 Å². The lowest BCUT2D eigenvalue weighted by molar-refractivity contribution is 0.0943. The van der Waals surface area contributed by atoms with E-state index in [-0.39, 0.29) is 23.9 Å². The van der Waals surface area contributed by atoms with E-state index in [1.165, 1.54) is 11.6 Å². The van der Waals surface area contributed by atoms with Crippen molar-refractivity contribution in [1.82, 2.24) is 10.2 Å². The molecule has 2 aromatic rings. The highest BCUT2D eigenvalue weighted by molar-refractivity contribution is 5.94. The Morgan fingerprint density at radius 1 is 1.14 bits per heavy atom. The van der Waals surface area contributed by atoms with Crippen LogP contribution in [-0.2, 0) is 6.42 Å². The molecule has 29 heavy (non-hydrogen) atoms. The molecule has 1 saturated heterocycles. The Morgan fingerprint density at radius 2 is 1.90 bits per heavy atom. The minimum atomic E-state index is -1.01. The van der Waals surface area contributed by atoms with Gasteiger partial charge in [0.25, 0.3) is 5.91 Å². The van der Waals surface area contributed by atoms with Crippen LogP contribution in [0.5, 0.6) is 5.75 Å². The fourth-order valence-electron chi connectivity index (χ4n) is 3.61. The molecule has 0 spiro atoms. The highest BCUT2D eigenvalue weighted by atomic mass is 35.5. The number of piperidine rings is 1. The van der Waals surface area contributed by atoms with E-state index >= 15 is 0 Å². The molecule has 2 aromatic carbocycles. The first-order valence-electron chi connectivity index (χ1n) is 9.63. The minimum Gasteiger partial charge on any atom is -0.497 e. The van der Waals surface area contributed by atoms with Crippen molar-refractivity contribution in [2.45, 2.75) is 19.3 Å². The Balaban J connectivity index is 0.00000300. The first kappa shape index (κ1) is 23.1. The Morgan fingerprint density at radius 3 is 2.59 bits per heavy atom. The Labute approximate surface area is 176 Å². The summed E-state index contributed by atoms with van der Waals surface area (Å²) in [4.78, 5) is 14.4. The number of methoxy groups -OCH3 is 1. The van der Waals surface area contributed by atoms with Crippen LogP contribution in [0.3, 0.4) is 0 Å². The zero-order valence-electron chi connectivity index (χ0n) is 16.5. The summed E-state index contributed by atoms with van der Waals surface area (Å²) in [7, 11) is 1.68. The highest BCUT2D eigenvalue weighted by Gasteiger charge is 2.19. The molecular weight excluding hydrogens is 398 g/mol. The molecule has 1 aliphatic rings. The molecule has 1 amide bonds. The van der Waals surface area contributed by atoms with Gasteiger partial charge in [-0.05, 0) is 74.2 Å². The van der Waals surface area contributed by atoms with Gasteiger partial charge in [0, 0.05) is 18.7 Å². The quantitative estimate of drug-likeness (QED) is 0.728. The number of nitrogens with zero attached hydrogens (tertiary/aromatic N) is 1. The molecule has 0 unspecified atom stereocenters. The average molecular weight is 425 g/mol.